The molecule has 8 heteroatoms. The van der Waals surface area contributed by atoms with Gasteiger partial charge in [0.2, 0.25) is 5.95 Å². The Morgan fingerprint density at radius 2 is 1.70 bits per heavy atom. The van der Waals surface area contributed by atoms with Crippen molar-refractivity contribution in [3.8, 4) is 17.1 Å². The highest BCUT2D eigenvalue weighted by Gasteiger charge is 2.18. The predicted octanol–water partition coefficient (Wildman–Crippen LogP) is 3.77. The van der Waals surface area contributed by atoms with Gasteiger partial charge in [0, 0.05) is 47.4 Å². The molecular weight excluding hydrogens is 372 g/mol. The van der Waals surface area contributed by atoms with E-state index in [0.717, 1.165) is 18.4 Å². The molecule has 0 atom stereocenters. The van der Waals surface area contributed by atoms with E-state index >= 15 is 0 Å². The summed E-state index contributed by atoms with van der Waals surface area (Å²) < 4.78 is 52.7. The van der Waals surface area contributed by atoms with Gasteiger partial charge in [-0.25, -0.2) is 27.2 Å². The second-order valence-corrected chi connectivity index (χ2v) is 8.03. The standard InChI is InChI=1S/C19H13F2N3O2S/c1-27(25,26)18-11-24(17-5-3-2-4-15(17)18)19-22-9-12(10-23-19)14-7-6-13(20)8-16(14)21/h2-11H,1H3. The van der Waals surface area contributed by atoms with Crippen molar-refractivity contribution in [2.75, 3.05) is 6.26 Å². The average molecular weight is 385 g/mol. The third-order valence-electron chi connectivity index (χ3n) is 4.17. The highest BCUT2D eigenvalue weighted by molar-refractivity contribution is 7.91. The Bertz CT molecular complexity index is 1270. The molecule has 136 valence electrons. The summed E-state index contributed by atoms with van der Waals surface area (Å²) >= 11 is 0. The van der Waals surface area contributed by atoms with Crippen LogP contribution < -0.4 is 0 Å². The van der Waals surface area contributed by atoms with Gasteiger partial charge in [-0.15, -0.1) is 0 Å². The van der Waals surface area contributed by atoms with E-state index in [2.05, 4.69) is 9.97 Å². The second kappa shape index (κ2) is 6.24. The third kappa shape index (κ3) is 3.08. The molecule has 27 heavy (non-hydrogen) atoms. The van der Waals surface area contributed by atoms with Crippen molar-refractivity contribution in [1.29, 1.82) is 0 Å². The maximum Gasteiger partial charge on any atom is 0.234 e. The Hall–Kier alpha value is -3.13. The first-order chi connectivity index (χ1) is 12.8. The minimum atomic E-state index is -3.44. The van der Waals surface area contributed by atoms with Crippen LogP contribution in [-0.2, 0) is 9.84 Å². The number of sulfone groups is 1. The van der Waals surface area contributed by atoms with Crippen LogP contribution in [0.25, 0.3) is 28.0 Å². The summed E-state index contributed by atoms with van der Waals surface area (Å²) in [6.07, 6.45) is 5.43. The van der Waals surface area contributed by atoms with Gasteiger partial charge in [0.1, 0.15) is 11.6 Å². The highest BCUT2D eigenvalue weighted by atomic mass is 32.2. The SMILES string of the molecule is CS(=O)(=O)c1cn(-c2ncc(-c3ccc(F)cc3F)cn2)c2ccccc12. The van der Waals surface area contributed by atoms with Crippen LogP contribution >= 0.6 is 0 Å². The number of halogens is 2. The zero-order valence-electron chi connectivity index (χ0n) is 14.1. The lowest BCUT2D eigenvalue weighted by molar-refractivity contribution is 0.585. The maximum atomic E-state index is 13.9. The summed E-state index contributed by atoms with van der Waals surface area (Å²) in [5.41, 5.74) is 1.20. The van der Waals surface area contributed by atoms with Crippen LogP contribution in [-0.4, -0.2) is 29.2 Å². The molecule has 4 rings (SSSR count). The zero-order valence-corrected chi connectivity index (χ0v) is 14.9. The van der Waals surface area contributed by atoms with Gasteiger partial charge < -0.3 is 0 Å². The molecule has 0 saturated carbocycles. The molecule has 2 aromatic heterocycles. The first-order valence-electron chi connectivity index (χ1n) is 7.92. The minimum absolute atomic E-state index is 0.176. The molecule has 5 nitrogen and oxygen atoms in total. The summed E-state index contributed by atoms with van der Waals surface area (Å²) in [5, 5.41) is 0.567. The van der Waals surface area contributed by atoms with E-state index in [0.29, 0.717) is 16.5 Å². The molecule has 0 amide bonds. The van der Waals surface area contributed by atoms with Gasteiger partial charge in [-0.05, 0) is 18.2 Å². The number of nitrogens with zero attached hydrogens (tertiary/aromatic N) is 3. The van der Waals surface area contributed by atoms with E-state index < -0.39 is 21.5 Å². The minimum Gasteiger partial charge on any atom is -0.284 e. The molecule has 0 fully saturated rings. The van der Waals surface area contributed by atoms with Gasteiger partial charge in [-0.1, -0.05) is 18.2 Å². The first-order valence-corrected chi connectivity index (χ1v) is 9.82. The van der Waals surface area contributed by atoms with Crippen molar-refractivity contribution in [2.24, 2.45) is 0 Å². The molecule has 0 aliphatic rings. The normalized spacial score (nSPS) is 11.8. The molecule has 0 spiro atoms. The lowest BCUT2D eigenvalue weighted by Crippen LogP contribution is -2.00. The lowest BCUT2D eigenvalue weighted by atomic mass is 10.1. The quantitative estimate of drug-likeness (QED) is 0.539. The van der Waals surface area contributed by atoms with Gasteiger partial charge in [0.15, 0.2) is 9.84 Å². The fraction of sp³-hybridized carbons (Fsp3) is 0.0526. The van der Waals surface area contributed by atoms with Crippen LogP contribution in [0.4, 0.5) is 8.78 Å². The summed E-state index contributed by atoms with van der Waals surface area (Å²) in [6.45, 7) is 0. The summed E-state index contributed by atoms with van der Waals surface area (Å²) in [7, 11) is -3.44. The summed E-state index contributed by atoms with van der Waals surface area (Å²) in [5.74, 6) is -1.13. The predicted molar refractivity (Wildman–Crippen MR) is 97.3 cm³/mol. The molecule has 2 heterocycles. The monoisotopic (exact) mass is 385 g/mol. The maximum absolute atomic E-state index is 13.9. The van der Waals surface area contributed by atoms with Gasteiger partial charge in [-0.2, -0.15) is 0 Å². The van der Waals surface area contributed by atoms with Crippen LogP contribution in [0.5, 0.6) is 0 Å². The molecule has 0 saturated heterocycles. The first kappa shape index (κ1) is 17.3. The van der Waals surface area contributed by atoms with Crippen molar-refractivity contribution in [3.05, 3.63) is 72.7 Å². The van der Waals surface area contributed by atoms with E-state index in [4.69, 9.17) is 0 Å². The Balaban J connectivity index is 1.83. The van der Waals surface area contributed by atoms with Gasteiger partial charge in [0.05, 0.1) is 10.4 Å². The molecule has 2 aromatic carbocycles. The number of rotatable bonds is 3. The van der Waals surface area contributed by atoms with Crippen molar-refractivity contribution < 1.29 is 17.2 Å². The van der Waals surface area contributed by atoms with Crippen LogP contribution in [0.15, 0.2) is 66.0 Å². The molecule has 0 unspecified atom stereocenters. The number of hydrogen-bond donors (Lipinski definition) is 0. The van der Waals surface area contributed by atoms with Crippen LogP contribution in [0.2, 0.25) is 0 Å². The van der Waals surface area contributed by atoms with E-state index in [1.165, 1.54) is 24.7 Å². The lowest BCUT2D eigenvalue weighted by Gasteiger charge is -2.06. The molecule has 0 aliphatic carbocycles. The molecular formula is C19H13F2N3O2S. The Morgan fingerprint density at radius 3 is 2.37 bits per heavy atom. The third-order valence-corrected chi connectivity index (χ3v) is 5.29. The zero-order chi connectivity index (χ0) is 19.2. The number of aromatic nitrogens is 3. The van der Waals surface area contributed by atoms with Gasteiger partial charge in [-0.3, -0.25) is 4.57 Å². The fourth-order valence-corrected chi connectivity index (χ4v) is 3.79. The highest BCUT2D eigenvalue weighted by Crippen LogP contribution is 2.28. The smallest absolute Gasteiger partial charge is 0.234 e. The van der Waals surface area contributed by atoms with Crippen molar-refractivity contribution >= 4 is 20.7 Å². The van der Waals surface area contributed by atoms with Gasteiger partial charge >= 0.3 is 0 Å². The Labute approximate surface area is 153 Å². The largest absolute Gasteiger partial charge is 0.284 e. The molecule has 0 radical (unpaired) electrons. The number of para-hydroxylation sites is 1. The van der Waals surface area contributed by atoms with Crippen LogP contribution in [0.3, 0.4) is 0 Å². The van der Waals surface area contributed by atoms with Crippen LogP contribution in [0, 0.1) is 11.6 Å². The van der Waals surface area contributed by atoms with E-state index in [9.17, 15) is 17.2 Å². The van der Waals surface area contributed by atoms with Gasteiger partial charge in [0.25, 0.3) is 0 Å². The Morgan fingerprint density at radius 1 is 1.00 bits per heavy atom. The Kier molecular flexibility index (Phi) is 4.00. The molecule has 0 N–H and O–H groups in total. The topological polar surface area (TPSA) is 64.8 Å². The summed E-state index contributed by atoms with van der Waals surface area (Å²) in [4.78, 5) is 8.64. The van der Waals surface area contributed by atoms with E-state index in [1.807, 2.05) is 0 Å². The van der Waals surface area contributed by atoms with E-state index in [1.54, 1.807) is 28.8 Å². The molecule has 0 bridgehead atoms. The van der Waals surface area contributed by atoms with Crippen LogP contribution in [0.1, 0.15) is 0 Å². The average Bonchev–Trinajstić information content (AvgIpc) is 3.02. The molecule has 0 aliphatic heterocycles. The van der Waals surface area contributed by atoms with Crippen molar-refractivity contribution in [1.82, 2.24) is 14.5 Å². The number of hydrogen-bond acceptors (Lipinski definition) is 4. The van der Waals surface area contributed by atoms with Crippen molar-refractivity contribution in [2.45, 2.75) is 4.90 Å². The molecule has 4 aromatic rings. The fourth-order valence-electron chi connectivity index (χ4n) is 2.92. The number of benzene rings is 2. The van der Waals surface area contributed by atoms with E-state index in [-0.39, 0.29) is 16.4 Å². The second-order valence-electron chi connectivity index (χ2n) is 6.05. The number of fused-ring (bicyclic) bond motifs is 1. The van der Waals surface area contributed by atoms with Crippen molar-refractivity contribution in [3.63, 3.8) is 0 Å². The summed E-state index contributed by atoms with van der Waals surface area (Å²) in [6, 6.07) is 10.3.